The van der Waals surface area contributed by atoms with Gasteiger partial charge in [0.25, 0.3) is 0 Å². The Balaban J connectivity index is 1.42. The average Bonchev–Trinajstić information content (AvgIpc) is 2.85. The third-order valence-corrected chi connectivity index (χ3v) is 6.03. The number of fused-ring (bicyclic) bond motifs is 2. The average molecular weight is 533 g/mol. The lowest BCUT2D eigenvalue weighted by atomic mass is 9.99. The normalized spacial score (nSPS) is 13.9. The van der Waals surface area contributed by atoms with E-state index in [1.165, 1.54) is 0 Å². The van der Waals surface area contributed by atoms with Gasteiger partial charge in [-0.25, -0.2) is 4.79 Å². The molecule has 1 unspecified atom stereocenters. The standard InChI is InChI=1S/C27H26Cl2O7/c1-2-32-25(27(30)31)13-17-3-7-20(8-4-17)33-11-12-34-26-21-14-18(28)5-9-23(21)35-16-36-24-10-6-19(29)15-22(24)26/h3-10,14-15,25-26H,2,11-13,16H2,1H3,(H,30,31). The van der Waals surface area contributed by atoms with Crippen LogP contribution in [0.3, 0.4) is 0 Å². The molecular weight excluding hydrogens is 507 g/mol. The molecule has 1 heterocycles. The van der Waals surface area contributed by atoms with E-state index in [2.05, 4.69) is 0 Å². The molecule has 1 N–H and O–H groups in total. The summed E-state index contributed by atoms with van der Waals surface area (Å²) in [6.45, 7) is 2.69. The van der Waals surface area contributed by atoms with Crippen LogP contribution in [-0.4, -0.2) is 43.8 Å². The van der Waals surface area contributed by atoms with Crippen molar-refractivity contribution in [2.75, 3.05) is 26.6 Å². The first-order valence-corrected chi connectivity index (χ1v) is 12.2. The zero-order valence-electron chi connectivity index (χ0n) is 19.6. The first-order valence-electron chi connectivity index (χ1n) is 11.5. The molecule has 36 heavy (non-hydrogen) atoms. The van der Waals surface area contributed by atoms with E-state index in [9.17, 15) is 9.90 Å². The molecule has 1 aliphatic heterocycles. The topological polar surface area (TPSA) is 83.5 Å². The Morgan fingerprint density at radius 2 is 1.58 bits per heavy atom. The molecule has 3 aromatic rings. The molecule has 9 heteroatoms. The second-order valence-corrected chi connectivity index (χ2v) is 8.87. The van der Waals surface area contributed by atoms with Gasteiger partial charge in [-0.05, 0) is 61.0 Å². The summed E-state index contributed by atoms with van der Waals surface area (Å²) >= 11 is 12.6. The summed E-state index contributed by atoms with van der Waals surface area (Å²) in [5, 5.41) is 10.4. The summed E-state index contributed by atoms with van der Waals surface area (Å²) in [5.41, 5.74) is 2.37. The molecule has 0 saturated carbocycles. The number of ether oxygens (including phenoxy) is 5. The Kier molecular flexibility index (Phi) is 8.93. The molecule has 0 aromatic heterocycles. The molecule has 1 aliphatic rings. The van der Waals surface area contributed by atoms with Crippen molar-refractivity contribution in [3.63, 3.8) is 0 Å². The van der Waals surface area contributed by atoms with Gasteiger partial charge in [-0.15, -0.1) is 0 Å². The fourth-order valence-corrected chi connectivity index (χ4v) is 4.26. The van der Waals surface area contributed by atoms with Crippen molar-refractivity contribution in [1.82, 2.24) is 0 Å². The molecular formula is C27H26Cl2O7. The molecule has 0 spiro atoms. The highest BCUT2D eigenvalue weighted by molar-refractivity contribution is 6.31. The number of carbonyl (C=O) groups is 1. The van der Waals surface area contributed by atoms with E-state index in [0.717, 1.165) is 16.7 Å². The third-order valence-electron chi connectivity index (χ3n) is 5.56. The summed E-state index contributed by atoms with van der Waals surface area (Å²) in [7, 11) is 0. The zero-order chi connectivity index (χ0) is 25.5. The van der Waals surface area contributed by atoms with Crippen molar-refractivity contribution in [1.29, 1.82) is 0 Å². The Labute approximate surface area is 219 Å². The van der Waals surface area contributed by atoms with Gasteiger partial charge < -0.3 is 28.8 Å². The fraction of sp³-hybridized carbons (Fsp3) is 0.296. The van der Waals surface area contributed by atoms with Crippen LogP contribution >= 0.6 is 23.2 Å². The second kappa shape index (κ2) is 12.3. The lowest BCUT2D eigenvalue weighted by Gasteiger charge is -2.26. The number of hydrogen-bond donors (Lipinski definition) is 1. The smallest absolute Gasteiger partial charge is 0.333 e. The maximum Gasteiger partial charge on any atom is 0.333 e. The number of carboxylic acids is 1. The number of halogens is 2. The van der Waals surface area contributed by atoms with Crippen LogP contribution in [0.2, 0.25) is 10.0 Å². The van der Waals surface area contributed by atoms with Gasteiger partial charge in [0, 0.05) is 34.2 Å². The van der Waals surface area contributed by atoms with Crippen LogP contribution in [0.1, 0.15) is 29.7 Å². The highest BCUT2D eigenvalue weighted by Gasteiger charge is 2.26. The minimum absolute atomic E-state index is 0.0485. The van der Waals surface area contributed by atoms with Gasteiger partial charge in [0.05, 0.1) is 6.61 Å². The van der Waals surface area contributed by atoms with E-state index in [1.54, 1.807) is 43.3 Å². The van der Waals surface area contributed by atoms with Crippen molar-refractivity contribution >= 4 is 29.2 Å². The summed E-state index contributed by atoms with van der Waals surface area (Å²) in [6.07, 6.45) is -1.13. The third kappa shape index (κ3) is 6.62. The lowest BCUT2D eigenvalue weighted by Crippen LogP contribution is -2.26. The molecule has 0 aliphatic carbocycles. The Morgan fingerprint density at radius 1 is 0.972 bits per heavy atom. The second-order valence-electron chi connectivity index (χ2n) is 8.00. The van der Waals surface area contributed by atoms with Crippen molar-refractivity contribution in [2.24, 2.45) is 0 Å². The van der Waals surface area contributed by atoms with E-state index < -0.39 is 18.2 Å². The maximum absolute atomic E-state index is 11.3. The molecule has 190 valence electrons. The molecule has 1 atom stereocenters. The molecule has 0 amide bonds. The van der Waals surface area contributed by atoms with Crippen molar-refractivity contribution in [3.8, 4) is 17.2 Å². The van der Waals surface area contributed by atoms with E-state index >= 15 is 0 Å². The minimum Gasteiger partial charge on any atom is -0.491 e. The molecule has 0 radical (unpaired) electrons. The molecule has 3 aromatic carbocycles. The lowest BCUT2D eigenvalue weighted by molar-refractivity contribution is -0.149. The number of benzene rings is 3. The molecule has 0 saturated heterocycles. The number of carboxylic acid groups (broad SMARTS) is 1. The molecule has 4 rings (SSSR count). The predicted molar refractivity (Wildman–Crippen MR) is 136 cm³/mol. The van der Waals surface area contributed by atoms with Crippen LogP contribution in [0.4, 0.5) is 0 Å². The minimum atomic E-state index is -0.981. The largest absolute Gasteiger partial charge is 0.491 e. The van der Waals surface area contributed by atoms with Gasteiger partial charge >= 0.3 is 5.97 Å². The fourth-order valence-electron chi connectivity index (χ4n) is 3.89. The van der Waals surface area contributed by atoms with Gasteiger partial charge in [0.1, 0.15) is 30.0 Å². The van der Waals surface area contributed by atoms with Gasteiger partial charge in [0.15, 0.2) is 6.10 Å². The van der Waals surface area contributed by atoms with Gasteiger partial charge in [-0.2, -0.15) is 0 Å². The highest BCUT2D eigenvalue weighted by Crippen LogP contribution is 2.41. The first-order chi connectivity index (χ1) is 17.4. The van der Waals surface area contributed by atoms with Gasteiger partial charge in [-0.1, -0.05) is 35.3 Å². The van der Waals surface area contributed by atoms with E-state index in [0.29, 0.717) is 33.9 Å². The van der Waals surface area contributed by atoms with E-state index in [1.807, 2.05) is 24.3 Å². The van der Waals surface area contributed by atoms with Crippen LogP contribution < -0.4 is 14.2 Å². The van der Waals surface area contributed by atoms with Crippen LogP contribution in [0.15, 0.2) is 60.7 Å². The first kappa shape index (κ1) is 26.1. The van der Waals surface area contributed by atoms with Crippen molar-refractivity contribution < 1.29 is 33.6 Å². The van der Waals surface area contributed by atoms with Crippen LogP contribution in [0.25, 0.3) is 0 Å². The number of hydrogen-bond acceptors (Lipinski definition) is 6. The Morgan fingerprint density at radius 3 is 2.14 bits per heavy atom. The van der Waals surface area contributed by atoms with Crippen LogP contribution in [0, 0.1) is 0 Å². The van der Waals surface area contributed by atoms with Crippen LogP contribution in [-0.2, 0) is 20.7 Å². The Hall–Kier alpha value is -2.97. The molecule has 7 nitrogen and oxygen atoms in total. The zero-order valence-corrected chi connectivity index (χ0v) is 21.1. The van der Waals surface area contributed by atoms with Gasteiger partial charge in [-0.3, -0.25) is 0 Å². The monoisotopic (exact) mass is 532 g/mol. The van der Waals surface area contributed by atoms with Crippen molar-refractivity contribution in [3.05, 3.63) is 87.4 Å². The highest BCUT2D eigenvalue weighted by atomic mass is 35.5. The number of aliphatic carboxylic acids is 1. The Bertz CT molecular complexity index is 1130. The van der Waals surface area contributed by atoms with E-state index in [4.69, 9.17) is 46.9 Å². The molecule has 0 fully saturated rings. The van der Waals surface area contributed by atoms with E-state index in [-0.39, 0.29) is 26.4 Å². The summed E-state index contributed by atoms with van der Waals surface area (Å²) in [4.78, 5) is 11.3. The predicted octanol–water partition coefficient (Wildman–Crippen LogP) is 5.94. The SMILES string of the molecule is CCOC(Cc1ccc(OCCOC2c3cc(Cl)ccc3OCOc3ccc(Cl)cc32)cc1)C(=O)O. The maximum atomic E-state index is 11.3. The summed E-state index contributed by atoms with van der Waals surface area (Å²) in [5.74, 6) is 0.878. The summed E-state index contributed by atoms with van der Waals surface area (Å²) in [6, 6.07) is 17.9. The van der Waals surface area contributed by atoms with Crippen LogP contribution in [0.5, 0.6) is 17.2 Å². The molecule has 0 bridgehead atoms. The van der Waals surface area contributed by atoms with Gasteiger partial charge in [0.2, 0.25) is 6.79 Å². The summed E-state index contributed by atoms with van der Waals surface area (Å²) < 4.78 is 28.9. The van der Waals surface area contributed by atoms with Crippen molar-refractivity contribution in [2.45, 2.75) is 25.6 Å². The quantitative estimate of drug-likeness (QED) is 0.323. The number of rotatable bonds is 10.